The molecule has 0 aliphatic rings. The molecular formula is C16H39O3Ti-. The van der Waals surface area contributed by atoms with Gasteiger partial charge in [0.15, 0.2) is 0 Å². The van der Waals surface area contributed by atoms with Gasteiger partial charge in [-0.15, -0.1) is 0 Å². The molecule has 3 N–H and O–H groups in total. The third-order valence-corrected chi connectivity index (χ3v) is 1.85. The predicted molar refractivity (Wildman–Crippen MR) is 86.2 cm³/mol. The van der Waals surface area contributed by atoms with Crippen molar-refractivity contribution in [2.45, 2.75) is 79.1 Å². The van der Waals surface area contributed by atoms with E-state index in [1.165, 1.54) is 44.9 Å². The zero-order valence-electron chi connectivity index (χ0n) is 14.3. The molecule has 0 radical (unpaired) electrons. The van der Waals surface area contributed by atoms with Gasteiger partial charge in [-0.05, 0) is 20.8 Å². The van der Waals surface area contributed by atoms with E-state index in [0.717, 1.165) is 6.42 Å². The average Bonchev–Trinajstić information content (AvgIpc) is 2.37. The normalized spacial score (nSPS) is 7.80. The molecule has 0 aromatic carbocycles. The molecule has 0 amide bonds. The molecule has 0 aliphatic carbocycles. The standard InChI is InChI=1S/C10H21.3C2H6O.Ti/c1-3-5-7-9-10-8-6-4-2;3*1-2-3;/h1,3-10H2,2H3;3*3H,2H2,1H3;/q-1;;;;. The number of unbranched alkanes of at least 4 members (excludes halogenated alkanes) is 7. The summed E-state index contributed by atoms with van der Waals surface area (Å²) in [4.78, 5) is 0. The smallest absolute Gasteiger partial charge is 0.0402 e. The van der Waals surface area contributed by atoms with Crippen LogP contribution >= 0.6 is 0 Å². The third-order valence-electron chi connectivity index (χ3n) is 1.85. The summed E-state index contributed by atoms with van der Waals surface area (Å²) in [5.74, 6) is 0. The molecular weight excluding hydrogens is 288 g/mol. The first kappa shape index (κ1) is 32.5. The fourth-order valence-corrected chi connectivity index (χ4v) is 1.13. The van der Waals surface area contributed by atoms with Crippen molar-refractivity contribution in [2.24, 2.45) is 0 Å². The van der Waals surface area contributed by atoms with E-state index in [1.54, 1.807) is 20.8 Å². The van der Waals surface area contributed by atoms with Crippen LogP contribution < -0.4 is 0 Å². The first-order chi connectivity index (χ1) is 9.16. The second-order valence-electron chi connectivity index (χ2n) is 3.92. The summed E-state index contributed by atoms with van der Waals surface area (Å²) >= 11 is 0. The van der Waals surface area contributed by atoms with Crippen LogP contribution in [0.3, 0.4) is 0 Å². The van der Waals surface area contributed by atoms with E-state index in [0.29, 0.717) is 0 Å². The Bertz CT molecular complexity index is 81.0. The zero-order chi connectivity index (χ0) is 15.8. The monoisotopic (exact) mass is 327 g/mol. The van der Waals surface area contributed by atoms with Crippen molar-refractivity contribution in [3.8, 4) is 0 Å². The van der Waals surface area contributed by atoms with Crippen LogP contribution in [0.1, 0.15) is 79.1 Å². The van der Waals surface area contributed by atoms with E-state index in [1.807, 2.05) is 0 Å². The Kier molecular flexibility index (Phi) is 81.9. The van der Waals surface area contributed by atoms with Gasteiger partial charge in [-0.25, -0.2) is 0 Å². The molecule has 0 heterocycles. The Morgan fingerprint density at radius 2 is 0.850 bits per heavy atom. The summed E-state index contributed by atoms with van der Waals surface area (Å²) in [6.45, 7) is 11.9. The van der Waals surface area contributed by atoms with Crippen molar-refractivity contribution in [3.63, 3.8) is 0 Å². The molecule has 0 aromatic heterocycles. The molecule has 0 unspecified atom stereocenters. The van der Waals surface area contributed by atoms with Crippen LogP contribution in [0.25, 0.3) is 0 Å². The molecule has 0 atom stereocenters. The maximum atomic E-state index is 7.57. The molecule has 0 bridgehead atoms. The molecule has 0 saturated carbocycles. The SMILES string of the molecule is CCO.CCO.CCO.[CH2-]CCCCCCCCC.[Ti]. The fourth-order valence-electron chi connectivity index (χ4n) is 1.13. The number of hydrogen-bond acceptors (Lipinski definition) is 3. The third kappa shape index (κ3) is 99.8. The summed E-state index contributed by atoms with van der Waals surface area (Å²) < 4.78 is 0. The Labute approximate surface area is 143 Å². The van der Waals surface area contributed by atoms with Crippen molar-refractivity contribution in [1.82, 2.24) is 0 Å². The van der Waals surface area contributed by atoms with Gasteiger partial charge in [-0.3, -0.25) is 0 Å². The summed E-state index contributed by atoms with van der Waals surface area (Å²) in [6.07, 6.45) is 10.9. The summed E-state index contributed by atoms with van der Waals surface area (Å²) in [6, 6.07) is 0. The predicted octanol–water partition coefficient (Wildman–Crippen LogP) is 3.95. The van der Waals surface area contributed by atoms with Crippen LogP contribution in [0, 0.1) is 6.92 Å². The molecule has 0 rings (SSSR count). The second-order valence-corrected chi connectivity index (χ2v) is 3.92. The summed E-state index contributed by atoms with van der Waals surface area (Å²) in [5.41, 5.74) is 0. The zero-order valence-corrected chi connectivity index (χ0v) is 15.9. The van der Waals surface area contributed by atoms with E-state index in [-0.39, 0.29) is 41.5 Å². The van der Waals surface area contributed by atoms with Crippen LogP contribution in [-0.4, -0.2) is 35.1 Å². The largest absolute Gasteiger partial charge is 0.397 e. The van der Waals surface area contributed by atoms with Gasteiger partial charge in [0.1, 0.15) is 0 Å². The van der Waals surface area contributed by atoms with Gasteiger partial charge in [-0.2, -0.15) is 6.42 Å². The van der Waals surface area contributed by atoms with Crippen LogP contribution in [0.15, 0.2) is 0 Å². The van der Waals surface area contributed by atoms with Crippen LogP contribution in [-0.2, 0) is 21.7 Å². The van der Waals surface area contributed by atoms with Gasteiger partial charge >= 0.3 is 0 Å². The minimum atomic E-state index is 0. The van der Waals surface area contributed by atoms with E-state index in [2.05, 4.69) is 13.8 Å². The van der Waals surface area contributed by atoms with Gasteiger partial charge in [0.05, 0.1) is 0 Å². The van der Waals surface area contributed by atoms with Gasteiger partial charge < -0.3 is 22.2 Å². The minimum Gasteiger partial charge on any atom is -0.397 e. The Morgan fingerprint density at radius 3 is 1.10 bits per heavy atom. The molecule has 4 heteroatoms. The van der Waals surface area contributed by atoms with Gasteiger partial charge in [0.2, 0.25) is 0 Å². The molecule has 0 aliphatic heterocycles. The second kappa shape index (κ2) is 50.4. The van der Waals surface area contributed by atoms with Crippen molar-refractivity contribution >= 4 is 0 Å². The molecule has 126 valence electrons. The number of rotatable bonds is 7. The van der Waals surface area contributed by atoms with Crippen molar-refractivity contribution in [3.05, 3.63) is 6.92 Å². The van der Waals surface area contributed by atoms with Crippen molar-refractivity contribution in [1.29, 1.82) is 0 Å². The number of aliphatic hydroxyl groups excluding tert-OH is 3. The van der Waals surface area contributed by atoms with Gasteiger partial charge in [0, 0.05) is 41.5 Å². The van der Waals surface area contributed by atoms with Crippen LogP contribution in [0.2, 0.25) is 0 Å². The average molecular weight is 327 g/mol. The Hall–Kier alpha value is 0.594. The maximum absolute atomic E-state index is 7.57. The Morgan fingerprint density at radius 1 is 0.600 bits per heavy atom. The Balaban J connectivity index is -0.0000000626. The molecule has 20 heavy (non-hydrogen) atoms. The van der Waals surface area contributed by atoms with E-state index in [4.69, 9.17) is 15.3 Å². The molecule has 3 nitrogen and oxygen atoms in total. The first-order valence-corrected chi connectivity index (χ1v) is 7.78. The molecule has 0 fully saturated rings. The molecule has 0 saturated heterocycles. The first-order valence-electron chi connectivity index (χ1n) is 7.78. The van der Waals surface area contributed by atoms with Gasteiger partial charge in [0.25, 0.3) is 0 Å². The van der Waals surface area contributed by atoms with Crippen molar-refractivity contribution < 1.29 is 37.0 Å². The van der Waals surface area contributed by atoms with E-state index >= 15 is 0 Å². The fraction of sp³-hybridized carbons (Fsp3) is 0.938. The van der Waals surface area contributed by atoms with Crippen LogP contribution in [0.5, 0.6) is 0 Å². The molecule has 0 spiro atoms. The van der Waals surface area contributed by atoms with Crippen molar-refractivity contribution in [2.75, 3.05) is 19.8 Å². The van der Waals surface area contributed by atoms with E-state index < -0.39 is 0 Å². The number of hydrogen-bond donors (Lipinski definition) is 3. The van der Waals surface area contributed by atoms with Crippen LogP contribution in [0.4, 0.5) is 0 Å². The summed E-state index contributed by atoms with van der Waals surface area (Å²) in [7, 11) is 0. The maximum Gasteiger partial charge on any atom is 0.0402 e. The number of aliphatic hydroxyl groups is 3. The molecule has 0 aromatic rings. The quantitative estimate of drug-likeness (QED) is 0.377. The van der Waals surface area contributed by atoms with Gasteiger partial charge in [-0.1, -0.05) is 51.9 Å². The summed E-state index contributed by atoms with van der Waals surface area (Å²) in [5, 5.41) is 22.7. The topological polar surface area (TPSA) is 60.7 Å². The van der Waals surface area contributed by atoms with E-state index in [9.17, 15) is 0 Å². The minimum absolute atomic E-state index is 0.